The highest BCUT2D eigenvalue weighted by molar-refractivity contribution is 5.97. The zero-order chi connectivity index (χ0) is 20.2. The van der Waals surface area contributed by atoms with Crippen molar-refractivity contribution < 1.29 is 28.2 Å². The van der Waals surface area contributed by atoms with Crippen LogP contribution in [0.1, 0.15) is 37.0 Å². The van der Waals surface area contributed by atoms with E-state index < -0.39 is 29.7 Å². The van der Waals surface area contributed by atoms with Crippen LogP contribution in [-0.2, 0) is 19.1 Å². The quantitative estimate of drug-likeness (QED) is 0.470. The van der Waals surface area contributed by atoms with Gasteiger partial charge in [-0.25, -0.2) is 9.18 Å². The van der Waals surface area contributed by atoms with Gasteiger partial charge in [-0.3, -0.25) is 9.59 Å². The minimum atomic E-state index is -1.11. The fourth-order valence-electron chi connectivity index (χ4n) is 2.17. The first kappa shape index (κ1) is 21.9. The van der Waals surface area contributed by atoms with Gasteiger partial charge in [-0.15, -0.1) is 0 Å². The van der Waals surface area contributed by atoms with E-state index in [0.29, 0.717) is 5.69 Å². The summed E-state index contributed by atoms with van der Waals surface area (Å²) in [5.41, 5.74) is 0.0674. The standard InChI is InChI=1S/C18H22FN3O5/c1-3-26-16(23)8-7-15(18(25)27-4-2)22-17(24)13-6-5-12(11-14(13)19)21-10-9-20/h5-6,11,15,21H,3-4,7-8,10H2,1-2H3,(H,22,24)/t15-/m1/s1. The number of nitriles is 1. The molecule has 0 bridgehead atoms. The van der Waals surface area contributed by atoms with Crippen LogP contribution >= 0.6 is 0 Å². The Labute approximate surface area is 156 Å². The predicted molar refractivity (Wildman–Crippen MR) is 94.3 cm³/mol. The normalized spacial score (nSPS) is 11.0. The molecule has 0 aliphatic carbocycles. The van der Waals surface area contributed by atoms with E-state index in [9.17, 15) is 18.8 Å². The first-order chi connectivity index (χ1) is 12.9. The second-order valence-electron chi connectivity index (χ2n) is 5.33. The number of halogens is 1. The molecule has 2 N–H and O–H groups in total. The molecule has 146 valence electrons. The van der Waals surface area contributed by atoms with Gasteiger partial charge in [0.2, 0.25) is 0 Å². The van der Waals surface area contributed by atoms with Gasteiger partial charge in [-0.1, -0.05) is 0 Å². The van der Waals surface area contributed by atoms with Crippen molar-refractivity contribution in [3.05, 3.63) is 29.6 Å². The van der Waals surface area contributed by atoms with Crippen molar-refractivity contribution >= 4 is 23.5 Å². The van der Waals surface area contributed by atoms with Crippen LogP contribution in [0.25, 0.3) is 0 Å². The fraction of sp³-hybridized carbons (Fsp3) is 0.444. The Morgan fingerprint density at radius 2 is 1.93 bits per heavy atom. The second kappa shape index (κ2) is 11.5. The topological polar surface area (TPSA) is 118 Å². The molecule has 0 aromatic heterocycles. The highest BCUT2D eigenvalue weighted by atomic mass is 19.1. The van der Waals surface area contributed by atoms with Crippen molar-refractivity contribution in [3.8, 4) is 6.07 Å². The monoisotopic (exact) mass is 379 g/mol. The minimum Gasteiger partial charge on any atom is -0.466 e. The number of nitrogens with one attached hydrogen (secondary N) is 2. The third-order valence-corrected chi connectivity index (χ3v) is 3.40. The van der Waals surface area contributed by atoms with E-state index in [1.165, 1.54) is 12.1 Å². The summed E-state index contributed by atoms with van der Waals surface area (Å²) >= 11 is 0. The number of hydrogen-bond acceptors (Lipinski definition) is 7. The Bertz CT molecular complexity index is 717. The molecule has 0 spiro atoms. The molecular formula is C18H22FN3O5. The summed E-state index contributed by atoms with van der Waals surface area (Å²) in [5.74, 6) is -2.87. The van der Waals surface area contributed by atoms with Gasteiger partial charge in [0.05, 0.1) is 24.8 Å². The third kappa shape index (κ3) is 7.32. The number of anilines is 1. The van der Waals surface area contributed by atoms with Gasteiger partial charge >= 0.3 is 11.9 Å². The van der Waals surface area contributed by atoms with Crippen LogP contribution in [0.5, 0.6) is 0 Å². The molecule has 0 saturated heterocycles. The summed E-state index contributed by atoms with van der Waals surface area (Å²) in [5, 5.41) is 13.6. The number of amides is 1. The highest BCUT2D eigenvalue weighted by Gasteiger charge is 2.25. The molecule has 1 aromatic carbocycles. The predicted octanol–water partition coefficient (Wildman–Crippen LogP) is 1.77. The Kier molecular flexibility index (Phi) is 9.29. The van der Waals surface area contributed by atoms with Crippen molar-refractivity contribution in [2.24, 2.45) is 0 Å². The van der Waals surface area contributed by atoms with Gasteiger partial charge < -0.3 is 20.1 Å². The zero-order valence-electron chi connectivity index (χ0n) is 15.2. The molecule has 0 heterocycles. The second-order valence-corrected chi connectivity index (χ2v) is 5.33. The zero-order valence-corrected chi connectivity index (χ0v) is 15.2. The van der Waals surface area contributed by atoms with Crippen molar-refractivity contribution in [1.29, 1.82) is 5.26 Å². The maximum absolute atomic E-state index is 14.2. The van der Waals surface area contributed by atoms with Gasteiger partial charge in [-0.2, -0.15) is 5.26 Å². The Hall–Kier alpha value is -3.15. The van der Waals surface area contributed by atoms with Crippen molar-refractivity contribution in [2.45, 2.75) is 32.7 Å². The lowest BCUT2D eigenvalue weighted by molar-refractivity contribution is -0.146. The molecule has 0 unspecified atom stereocenters. The van der Waals surface area contributed by atoms with Crippen LogP contribution < -0.4 is 10.6 Å². The summed E-state index contributed by atoms with van der Waals surface area (Å²) < 4.78 is 23.8. The van der Waals surface area contributed by atoms with Gasteiger partial charge in [0.1, 0.15) is 18.4 Å². The molecule has 0 saturated carbocycles. The van der Waals surface area contributed by atoms with E-state index >= 15 is 0 Å². The van der Waals surface area contributed by atoms with Crippen LogP contribution in [0.4, 0.5) is 10.1 Å². The molecule has 8 nitrogen and oxygen atoms in total. The largest absolute Gasteiger partial charge is 0.466 e. The summed E-state index contributed by atoms with van der Waals surface area (Å²) in [4.78, 5) is 35.8. The summed E-state index contributed by atoms with van der Waals surface area (Å²) in [6, 6.07) is 4.49. The van der Waals surface area contributed by atoms with E-state index in [4.69, 9.17) is 14.7 Å². The Morgan fingerprint density at radius 3 is 2.52 bits per heavy atom. The molecule has 0 fully saturated rings. The lowest BCUT2D eigenvalue weighted by atomic mass is 10.1. The van der Waals surface area contributed by atoms with E-state index in [1.807, 2.05) is 6.07 Å². The van der Waals surface area contributed by atoms with E-state index in [1.54, 1.807) is 13.8 Å². The number of carbonyl (C=O) groups excluding carboxylic acids is 3. The molecule has 0 radical (unpaired) electrons. The third-order valence-electron chi connectivity index (χ3n) is 3.40. The number of ether oxygens (including phenoxy) is 2. The van der Waals surface area contributed by atoms with Gasteiger partial charge in [0, 0.05) is 12.1 Å². The average Bonchev–Trinajstić information content (AvgIpc) is 2.63. The number of nitrogens with zero attached hydrogens (tertiary/aromatic N) is 1. The van der Waals surface area contributed by atoms with E-state index in [0.717, 1.165) is 6.07 Å². The van der Waals surface area contributed by atoms with E-state index in [2.05, 4.69) is 10.6 Å². The lowest BCUT2D eigenvalue weighted by Crippen LogP contribution is -2.42. The molecule has 27 heavy (non-hydrogen) atoms. The van der Waals surface area contributed by atoms with Crippen LogP contribution in [0.3, 0.4) is 0 Å². The van der Waals surface area contributed by atoms with Crippen molar-refractivity contribution in [3.63, 3.8) is 0 Å². The summed E-state index contributed by atoms with van der Waals surface area (Å²) in [7, 11) is 0. The molecule has 0 aliphatic rings. The smallest absolute Gasteiger partial charge is 0.328 e. The molecule has 0 aliphatic heterocycles. The van der Waals surface area contributed by atoms with Crippen LogP contribution in [-0.4, -0.2) is 43.6 Å². The number of carbonyl (C=O) groups is 3. The molecule has 1 rings (SSSR count). The van der Waals surface area contributed by atoms with Gasteiger partial charge in [0.25, 0.3) is 5.91 Å². The number of benzene rings is 1. The number of hydrogen-bond donors (Lipinski definition) is 2. The Balaban J connectivity index is 2.84. The van der Waals surface area contributed by atoms with Crippen LogP contribution in [0.15, 0.2) is 18.2 Å². The number of esters is 2. The average molecular weight is 379 g/mol. The maximum atomic E-state index is 14.2. The van der Waals surface area contributed by atoms with Crippen molar-refractivity contribution in [2.75, 3.05) is 25.1 Å². The molecule has 1 atom stereocenters. The minimum absolute atomic E-state index is 0.0101. The summed E-state index contributed by atoms with van der Waals surface area (Å²) in [6.45, 7) is 3.55. The SMILES string of the molecule is CCOC(=O)CC[C@@H](NC(=O)c1ccc(NCC#N)cc1F)C(=O)OCC. The number of rotatable bonds is 10. The molecular weight excluding hydrogens is 357 g/mol. The first-order valence-corrected chi connectivity index (χ1v) is 8.46. The van der Waals surface area contributed by atoms with Crippen LogP contribution in [0.2, 0.25) is 0 Å². The van der Waals surface area contributed by atoms with Crippen molar-refractivity contribution in [1.82, 2.24) is 5.32 Å². The Morgan fingerprint density at radius 1 is 1.22 bits per heavy atom. The maximum Gasteiger partial charge on any atom is 0.328 e. The summed E-state index contributed by atoms with van der Waals surface area (Å²) in [6.07, 6.45) is -0.135. The molecule has 1 amide bonds. The highest BCUT2D eigenvalue weighted by Crippen LogP contribution is 2.15. The first-order valence-electron chi connectivity index (χ1n) is 8.46. The van der Waals surface area contributed by atoms with E-state index in [-0.39, 0.29) is 38.2 Å². The fourth-order valence-corrected chi connectivity index (χ4v) is 2.17. The van der Waals surface area contributed by atoms with Gasteiger partial charge in [-0.05, 0) is 38.5 Å². The van der Waals surface area contributed by atoms with Gasteiger partial charge in [0.15, 0.2) is 0 Å². The van der Waals surface area contributed by atoms with Crippen LogP contribution in [0, 0.1) is 17.1 Å². The molecule has 1 aromatic rings. The molecule has 9 heteroatoms. The lowest BCUT2D eigenvalue weighted by Gasteiger charge is -2.17.